The molecular weight excluding hydrogens is 316 g/mol. The lowest BCUT2D eigenvalue weighted by molar-refractivity contribution is -0.385. The number of nitro groups is 2. The number of nitrogens with zero attached hydrogens (tertiary/aromatic N) is 4. The lowest BCUT2D eigenvalue weighted by atomic mass is 9.87. The van der Waals surface area contributed by atoms with Gasteiger partial charge in [0.05, 0.1) is 9.85 Å². The molecule has 9 nitrogen and oxygen atoms in total. The summed E-state index contributed by atoms with van der Waals surface area (Å²) >= 11 is 0. The smallest absolute Gasteiger partial charge is 0.287 e. The summed E-state index contributed by atoms with van der Waals surface area (Å²) in [6, 6.07) is 2.60. The van der Waals surface area contributed by atoms with Gasteiger partial charge in [-0.15, -0.1) is 0 Å². The number of hydrogen-bond donors (Lipinski definition) is 0. The molecule has 2 heterocycles. The summed E-state index contributed by atoms with van der Waals surface area (Å²) < 4.78 is 0. The second-order valence-corrected chi connectivity index (χ2v) is 5.31. The van der Waals surface area contributed by atoms with E-state index in [1.807, 2.05) is 0 Å². The quantitative estimate of drug-likeness (QED) is 0.588. The van der Waals surface area contributed by atoms with Crippen molar-refractivity contribution in [2.24, 2.45) is 0 Å². The standard InChI is InChI=1S/C15H14N4O5/c1-9(11-3-13(18(21)22)7-16-5-11)15(20)10(2)12-4-14(19(23)24)8-17-6-12/h3-10H,1-2H3. The third-order valence-electron chi connectivity index (χ3n) is 3.77. The Morgan fingerprint density at radius 3 is 1.58 bits per heavy atom. The minimum Gasteiger partial charge on any atom is -0.298 e. The molecule has 0 bridgehead atoms. The summed E-state index contributed by atoms with van der Waals surface area (Å²) in [5, 5.41) is 21.6. The van der Waals surface area contributed by atoms with Crippen LogP contribution in [0.15, 0.2) is 36.9 Å². The zero-order valence-electron chi connectivity index (χ0n) is 12.9. The van der Waals surface area contributed by atoms with Gasteiger partial charge in [0, 0.05) is 36.4 Å². The highest BCUT2D eigenvalue weighted by Crippen LogP contribution is 2.28. The first-order valence-electron chi connectivity index (χ1n) is 7.03. The number of rotatable bonds is 6. The third kappa shape index (κ3) is 3.57. The highest BCUT2D eigenvalue weighted by Gasteiger charge is 2.25. The van der Waals surface area contributed by atoms with E-state index in [1.54, 1.807) is 13.8 Å². The fourth-order valence-corrected chi connectivity index (χ4v) is 2.27. The Morgan fingerprint density at radius 2 is 1.25 bits per heavy atom. The van der Waals surface area contributed by atoms with Crippen LogP contribution in [0.25, 0.3) is 0 Å². The van der Waals surface area contributed by atoms with E-state index in [2.05, 4.69) is 9.97 Å². The zero-order chi connectivity index (χ0) is 17.9. The van der Waals surface area contributed by atoms with Gasteiger partial charge in [-0.05, 0) is 11.1 Å². The number of pyridine rings is 2. The summed E-state index contributed by atoms with van der Waals surface area (Å²) in [4.78, 5) is 40.6. The van der Waals surface area contributed by atoms with Crippen LogP contribution in [0.1, 0.15) is 36.8 Å². The first-order chi connectivity index (χ1) is 11.3. The van der Waals surface area contributed by atoms with E-state index in [1.165, 1.54) is 24.5 Å². The molecular formula is C15H14N4O5. The van der Waals surface area contributed by atoms with Gasteiger partial charge in [0.1, 0.15) is 18.2 Å². The van der Waals surface area contributed by atoms with Crippen LogP contribution in [0, 0.1) is 20.2 Å². The fourth-order valence-electron chi connectivity index (χ4n) is 2.27. The lowest BCUT2D eigenvalue weighted by Crippen LogP contribution is -2.17. The summed E-state index contributed by atoms with van der Waals surface area (Å²) in [7, 11) is 0. The molecule has 0 amide bonds. The molecule has 0 aromatic carbocycles. The van der Waals surface area contributed by atoms with Crippen LogP contribution in [0.3, 0.4) is 0 Å². The van der Waals surface area contributed by atoms with Gasteiger partial charge in [-0.25, -0.2) is 0 Å². The van der Waals surface area contributed by atoms with Crippen molar-refractivity contribution >= 4 is 17.2 Å². The second-order valence-electron chi connectivity index (χ2n) is 5.31. The van der Waals surface area contributed by atoms with Crippen LogP contribution in [-0.2, 0) is 4.79 Å². The van der Waals surface area contributed by atoms with Gasteiger partial charge < -0.3 is 0 Å². The molecule has 2 aromatic heterocycles. The average molecular weight is 330 g/mol. The first kappa shape index (κ1) is 17.1. The highest BCUT2D eigenvalue weighted by atomic mass is 16.6. The van der Waals surface area contributed by atoms with Gasteiger partial charge >= 0.3 is 0 Å². The monoisotopic (exact) mass is 330 g/mol. The van der Waals surface area contributed by atoms with Crippen LogP contribution >= 0.6 is 0 Å². The molecule has 124 valence electrons. The minimum absolute atomic E-state index is 0.197. The van der Waals surface area contributed by atoms with E-state index in [9.17, 15) is 25.0 Å². The van der Waals surface area contributed by atoms with E-state index in [0.29, 0.717) is 11.1 Å². The van der Waals surface area contributed by atoms with Gasteiger partial charge in [-0.2, -0.15) is 0 Å². The van der Waals surface area contributed by atoms with Gasteiger partial charge in [0.2, 0.25) is 0 Å². The zero-order valence-corrected chi connectivity index (χ0v) is 12.9. The predicted molar refractivity (Wildman–Crippen MR) is 83.6 cm³/mol. The van der Waals surface area contributed by atoms with Crippen molar-refractivity contribution in [3.05, 3.63) is 68.3 Å². The van der Waals surface area contributed by atoms with Gasteiger partial charge in [-0.1, -0.05) is 13.8 Å². The summed E-state index contributed by atoms with van der Waals surface area (Å²) in [6.07, 6.45) is 5.01. The third-order valence-corrected chi connectivity index (χ3v) is 3.77. The Morgan fingerprint density at radius 1 is 0.875 bits per heavy atom. The van der Waals surface area contributed by atoms with E-state index in [0.717, 1.165) is 12.4 Å². The van der Waals surface area contributed by atoms with Crippen LogP contribution in [0.5, 0.6) is 0 Å². The largest absolute Gasteiger partial charge is 0.298 e. The molecule has 0 aliphatic rings. The molecule has 0 aliphatic carbocycles. The van der Waals surface area contributed by atoms with Crippen LogP contribution in [-0.4, -0.2) is 25.6 Å². The molecule has 2 unspecified atom stereocenters. The Hall–Kier alpha value is -3.23. The summed E-state index contributed by atoms with van der Waals surface area (Å²) in [6.45, 7) is 3.23. The molecule has 0 fully saturated rings. The Kier molecular flexibility index (Phi) is 4.93. The summed E-state index contributed by atoms with van der Waals surface area (Å²) in [5.41, 5.74) is 0.438. The SMILES string of the molecule is CC(C(=O)C(C)c1cncc([N+](=O)[O-])c1)c1cncc([N+](=O)[O-])c1. The normalized spacial score (nSPS) is 13.1. The number of Topliss-reactive ketones (excluding diaryl/α,β-unsaturated/α-hetero) is 1. The van der Waals surface area contributed by atoms with E-state index < -0.39 is 21.7 Å². The molecule has 2 rings (SSSR count). The number of carbonyl (C=O) groups is 1. The van der Waals surface area contributed by atoms with Gasteiger partial charge in [-0.3, -0.25) is 35.0 Å². The second kappa shape index (κ2) is 6.90. The maximum Gasteiger partial charge on any atom is 0.287 e. The Bertz CT molecular complexity index is 742. The number of ketones is 1. The first-order valence-corrected chi connectivity index (χ1v) is 7.03. The molecule has 9 heteroatoms. The van der Waals surface area contributed by atoms with Crippen molar-refractivity contribution < 1.29 is 14.6 Å². The van der Waals surface area contributed by atoms with Crippen LogP contribution in [0.4, 0.5) is 11.4 Å². The lowest BCUT2D eigenvalue weighted by Gasteiger charge is -2.16. The maximum atomic E-state index is 12.6. The van der Waals surface area contributed by atoms with E-state index >= 15 is 0 Å². The number of hydrogen-bond acceptors (Lipinski definition) is 7. The molecule has 0 saturated carbocycles. The van der Waals surface area contributed by atoms with Crippen molar-refractivity contribution in [3.63, 3.8) is 0 Å². The van der Waals surface area contributed by atoms with Crippen molar-refractivity contribution in [2.75, 3.05) is 0 Å². The molecule has 0 spiro atoms. The van der Waals surface area contributed by atoms with Crippen molar-refractivity contribution in [3.8, 4) is 0 Å². The maximum absolute atomic E-state index is 12.6. The molecule has 0 N–H and O–H groups in total. The minimum atomic E-state index is -0.647. The van der Waals surface area contributed by atoms with E-state index in [4.69, 9.17) is 0 Å². The fraction of sp³-hybridized carbons (Fsp3) is 0.267. The average Bonchev–Trinajstić information content (AvgIpc) is 2.59. The number of carbonyl (C=O) groups excluding carboxylic acids is 1. The summed E-state index contributed by atoms with van der Waals surface area (Å²) in [5.74, 6) is -1.53. The Labute approximate surface area is 136 Å². The molecule has 0 saturated heterocycles. The van der Waals surface area contributed by atoms with Crippen molar-refractivity contribution in [1.82, 2.24) is 9.97 Å². The van der Waals surface area contributed by atoms with Crippen molar-refractivity contribution in [2.45, 2.75) is 25.7 Å². The molecule has 2 aromatic rings. The highest BCUT2D eigenvalue weighted by molar-refractivity contribution is 5.91. The topological polar surface area (TPSA) is 129 Å². The number of aromatic nitrogens is 2. The van der Waals surface area contributed by atoms with Crippen LogP contribution < -0.4 is 0 Å². The van der Waals surface area contributed by atoms with Crippen molar-refractivity contribution in [1.29, 1.82) is 0 Å². The van der Waals surface area contributed by atoms with Crippen LogP contribution in [0.2, 0.25) is 0 Å². The molecule has 2 atom stereocenters. The predicted octanol–water partition coefficient (Wildman–Crippen LogP) is 2.77. The van der Waals surface area contributed by atoms with E-state index in [-0.39, 0.29) is 17.2 Å². The molecule has 0 radical (unpaired) electrons. The molecule has 24 heavy (non-hydrogen) atoms. The van der Waals surface area contributed by atoms with Gasteiger partial charge in [0.15, 0.2) is 0 Å². The molecule has 0 aliphatic heterocycles. The van der Waals surface area contributed by atoms with Gasteiger partial charge in [0.25, 0.3) is 11.4 Å². The Balaban J connectivity index is 2.27.